The van der Waals surface area contributed by atoms with Crippen LogP contribution >= 0.6 is 0 Å². The third-order valence-corrected chi connectivity index (χ3v) is 4.88. The zero-order valence-corrected chi connectivity index (χ0v) is 16.9. The second kappa shape index (κ2) is 7.97. The number of aromatic nitrogens is 4. The number of esters is 1. The Kier molecular flexibility index (Phi) is 5.21. The lowest BCUT2D eigenvalue weighted by Crippen LogP contribution is -2.15. The summed E-state index contributed by atoms with van der Waals surface area (Å²) in [7, 11) is 2.85. The van der Waals surface area contributed by atoms with Crippen molar-refractivity contribution in [3.05, 3.63) is 35.8 Å². The highest BCUT2D eigenvalue weighted by Crippen LogP contribution is 2.33. The van der Waals surface area contributed by atoms with Gasteiger partial charge in [0, 0.05) is 24.6 Å². The molecule has 4 rings (SSSR count). The first-order valence-electron chi connectivity index (χ1n) is 9.63. The molecule has 2 N–H and O–H groups in total. The quantitative estimate of drug-likeness (QED) is 0.570. The van der Waals surface area contributed by atoms with Crippen LogP contribution in [-0.2, 0) is 16.0 Å². The number of hydrogen-bond acceptors (Lipinski definition) is 8. The van der Waals surface area contributed by atoms with Crippen LogP contribution in [0.4, 0.5) is 17.2 Å². The van der Waals surface area contributed by atoms with Gasteiger partial charge in [-0.1, -0.05) is 6.92 Å². The molecular weight excluding hydrogens is 388 g/mol. The van der Waals surface area contributed by atoms with Gasteiger partial charge >= 0.3 is 5.97 Å². The Balaban J connectivity index is 1.75. The molecule has 1 fully saturated rings. The van der Waals surface area contributed by atoms with E-state index in [0.717, 1.165) is 18.7 Å². The average Bonchev–Trinajstić information content (AvgIpc) is 3.53. The monoisotopic (exact) mass is 410 g/mol. The fraction of sp³-hybridized carbons (Fsp3) is 0.350. The van der Waals surface area contributed by atoms with Crippen molar-refractivity contribution in [1.82, 2.24) is 19.6 Å². The van der Waals surface area contributed by atoms with Gasteiger partial charge in [-0.3, -0.25) is 4.79 Å². The Morgan fingerprint density at radius 3 is 2.67 bits per heavy atom. The highest BCUT2D eigenvalue weighted by Gasteiger charge is 2.30. The Morgan fingerprint density at radius 1 is 1.20 bits per heavy atom. The number of amides is 1. The van der Waals surface area contributed by atoms with Gasteiger partial charge in [-0.2, -0.15) is 0 Å². The van der Waals surface area contributed by atoms with E-state index in [0.29, 0.717) is 35.1 Å². The van der Waals surface area contributed by atoms with Gasteiger partial charge in [-0.05, 0) is 25.0 Å². The molecule has 1 aliphatic rings. The van der Waals surface area contributed by atoms with Crippen LogP contribution in [0.25, 0.3) is 5.65 Å². The van der Waals surface area contributed by atoms with E-state index in [1.54, 1.807) is 29.7 Å². The molecule has 30 heavy (non-hydrogen) atoms. The van der Waals surface area contributed by atoms with E-state index in [2.05, 4.69) is 25.8 Å². The maximum atomic E-state index is 12.3. The molecule has 10 heteroatoms. The summed E-state index contributed by atoms with van der Waals surface area (Å²) in [6.07, 6.45) is 3.80. The minimum Gasteiger partial charge on any atom is -0.480 e. The normalized spacial score (nSPS) is 13.2. The van der Waals surface area contributed by atoms with Gasteiger partial charge in [0.05, 0.1) is 19.9 Å². The molecule has 1 saturated carbocycles. The van der Waals surface area contributed by atoms with Gasteiger partial charge in [0.1, 0.15) is 22.9 Å². The summed E-state index contributed by atoms with van der Waals surface area (Å²) >= 11 is 0. The van der Waals surface area contributed by atoms with Crippen LogP contribution in [0.1, 0.15) is 35.9 Å². The van der Waals surface area contributed by atoms with E-state index >= 15 is 0 Å². The van der Waals surface area contributed by atoms with E-state index in [4.69, 9.17) is 9.47 Å². The summed E-state index contributed by atoms with van der Waals surface area (Å²) in [5.41, 5.74) is 1.89. The minimum atomic E-state index is -0.552. The first kappa shape index (κ1) is 19.6. The number of pyridine rings is 2. The predicted octanol–water partition coefficient (Wildman–Crippen LogP) is 2.57. The number of anilines is 3. The first-order chi connectivity index (χ1) is 14.5. The molecule has 0 spiro atoms. The summed E-state index contributed by atoms with van der Waals surface area (Å²) in [4.78, 5) is 28.5. The number of ether oxygens (including phenoxy) is 2. The van der Waals surface area contributed by atoms with Crippen molar-refractivity contribution in [3.63, 3.8) is 0 Å². The summed E-state index contributed by atoms with van der Waals surface area (Å²) in [6, 6.07) is 5.18. The maximum Gasteiger partial charge on any atom is 0.341 e. The molecule has 0 bridgehead atoms. The lowest BCUT2D eigenvalue weighted by atomic mass is 10.2. The van der Waals surface area contributed by atoms with Crippen molar-refractivity contribution in [3.8, 4) is 5.88 Å². The Morgan fingerprint density at radius 2 is 2.00 bits per heavy atom. The Hall–Kier alpha value is -3.69. The average molecular weight is 410 g/mol. The summed E-state index contributed by atoms with van der Waals surface area (Å²) in [5.74, 6) is 0.989. The molecule has 0 saturated heterocycles. The summed E-state index contributed by atoms with van der Waals surface area (Å²) < 4.78 is 12.3. The van der Waals surface area contributed by atoms with E-state index in [1.165, 1.54) is 13.3 Å². The molecule has 3 aromatic heterocycles. The number of carbonyl (C=O) groups is 2. The fourth-order valence-corrected chi connectivity index (χ4v) is 3.15. The molecule has 0 unspecified atom stereocenters. The zero-order chi connectivity index (χ0) is 21.3. The van der Waals surface area contributed by atoms with Crippen LogP contribution in [0.5, 0.6) is 5.88 Å². The van der Waals surface area contributed by atoms with Crippen LogP contribution in [0.3, 0.4) is 0 Å². The molecule has 1 aliphatic carbocycles. The van der Waals surface area contributed by atoms with E-state index in [-0.39, 0.29) is 17.4 Å². The number of hydrogen-bond donors (Lipinski definition) is 2. The second-order valence-electron chi connectivity index (χ2n) is 6.91. The molecule has 3 heterocycles. The Bertz CT molecular complexity index is 1120. The number of carbonyl (C=O) groups excluding carboxylic acids is 2. The van der Waals surface area contributed by atoms with E-state index in [9.17, 15) is 9.59 Å². The van der Waals surface area contributed by atoms with Crippen molar-refractivity contribution in [2.45, 2.75) is 26.2 Å². The lowest BCUT2D eigenvalue weighted by Gasteiger charge is -2.16. The van der Waals surface area contributed by atoms with Gasteiger partial charge < -0.3 is 20.1 Å². The lowest BCUT2D eigenvalue weighted by molar-refractivity contribution is -0.117. The molecule has 0 radical (unpaired) electrons. The maximum absolute atomic E-state index is 12.3. The van der Waals surface area contributed by atoms with Crippen molar-refractivity contribution in [1.29, 1.82) is 0 Å². The molecule has 3 aromatic rings. The van der Waals surface area contributed by atoms with Crippen molar-refractivity contribution in [2.24, 2.45) is 5.92 Å². The van der Waals surface area contributed by atoms with Crippen molar-refractivity contribution >= 4 is 34.7 Å². The van der Waals surface area contributed by atoms with Gasteiger partial charge in [0.25, 0.3) is 0 Å². The van der Waals surface area contributed by atoms with Crippen LogP contribution in [0, 0.1) is 5.92 Å². The standard InChI is InChI=1S/C20H22N6O4/c1-4-16-24-25-17-8-7-13(19(29-2)26(16)17)22-14-9-15(23-18(27)11-5-6-11)21-10-12(14)20(28)30-3/h7-11H,4-6H2,1-3H3,(H2,21,22,23,27). The number of fused-ring (bicyclic) bond motifs is 1. The minimum absolute atomic E-state index is 0.0344. The highest BCUT2D eigenvalue weighted by molar-refractivity contribution is 5.98. The van der Waals surface area contributed by atoms with Crippen LogP contribution in [0.15, 0.2) is 24.4 Å². The van der Waals surface area contributed by atoms with Gasteiger partial charge in [-0.15, -0.1) is 10.2 Å². The van der Waals surface area contributed by atoms with Crippen LogP contribution in [-0.4, -0.2) is 45.7 Å². The highest BCUT2D eigenvalue weighted by atomic mass is 16.5. The summed E-state index contributed by atoms with van der Waals surface area (Å²) in [5, 5.41) is 14.3. The third kappa shape index (κ3) is 3.63. The van der Waals surface area contributed by atoms with E-state index < -0.39 is 5.97 Å². The topological polar surface area (TPSA) is 120 Å². The molecule has 0 atom stereocenters. The van der Waals surface area contributed by atoms with Crippen LogP contribution in [0.2, 0.25) is 0 Å². The van der Waals surface area contributed by atoms with E-state index in [1.807, 2.05) is 6.92 Å². The molecular formula is C20H22N6O4. The van der Waals surface area contributed by atoms with Gasteiger partial charge in [0.2, 0.25) is 11.8 Å². The number of aryl methyl sites for hydroxylation is 1. The Labute approximate surface area is 172 Å². The number of rotatable bonds is 7. The van der Waals surface area contributed by atoms with Crippen molar-refractivity contribution < 1.29 is 19.1 Å². The van der Waals surface area contributed by atoms with Gasteiger partial charge in [0.15, 0.2) is 5.65 Å². The number of methoxy groups -OCH3 is 2. The number of nitrogens with one attached hydrogen (secondary N) is 2. The summed E-state index contributed by atoms with van der Waals surface area (Å²) in [6.45, 7) is 1.98. The molecule has 0 aliphatic heterocycles. The molecule has 1 amide bonds. The SMILES string of the molecule is CCc1nnc2ccc(Nc3cc(NC(=O)C4CC4)ncc3C(=O)OC)c(OC)n12. The predicted molar refractivity (Wildman–Crippen MR) is 109 cm³/mol. The third-order valence-electron chi connectivity index (χ3n) is 4.88. The molecule has 156 valence electrons. The van der Waals surface area contributed by atoms with Crippen molar-refractivity contribution in [2.75, 3.05) is 24.9 Å². The fourth-order valence-electron chi connectivity index (χ4n) is 3.15. The van der Waals surface area contributed by atoms with Gasteiger partial charge in [-0.25, -0.2) is 14.2 Å². The molecule has 0 aromatic carbocycles. The first-order valence-corrected chi connectivity index (χ1v) is 9.63. The largest absolute Gasteiger partial charge is 0.480 e. The molecule has 10 nitrogen and oxygen atoms in total. The zero-order valence-electron chi connectivity index (χ0n) is 16.9. The van der Waals surface area contributed by atoms with Crippen LogP contribution < -0.4 is 15.4 Å². The second-order valence-corrected chi connectivity index (χ2v) is 6.91. The smallest absolute Gasteiger partial charge is 0.341 e. The number of nitrogens with zero attached hydrogens (tertiary/aromatic N) is 4.